The van der Waals surface area contributed by atoms with Crippen LogP contribution in [0.2, 0.25) is 0 Å². The van der Waals surface area contributed by atoms with Gasteiger partial charge in [-0.2, -0.15) is 35.8 Å². The van der Waals surface area contributed by atoms with E-state index in [9.17, 15) is 35.5 Å². The predicted octanol–water partition coefficient (Wildman–Crippen LogP) is 3.22. The topological polar surface area (TPSA) is 46.9 Å². The molecule has 1 rings (SSSR count). The lowest BCUT2D eigenvalue weighted by molar-refractivity contribution is -0.344. The van der Waals surface area contributed by atoms with Crippen molar-refractivity contribution in [3.63, 3.8) is 0 Å². The van der Waals surface area contributed by atoms with E-state index in [1.807, 2.05) is 0 Å². The molecule has 0 aromatic carbocycles. The molecule has 1 aromatic rings. The number of nitrogens with zero attached hydrogens (tertiary/aromatic N) is 2. The Morgan fingerprint density at radius 1 is 1.26 bits per heavy atom. The molecule has 23 heavy (non-hydrogen) atoms. The van der Waals surface area contributed by atoms with Crippen LogP contribution in [0.5, 0.6) is 0 Å². The Morgan fingerprint density at radius 2 is 1.78 bits per heavy atom. The van der Waals surface area contributed by atoms with Crippen LogP contribution in [0.1, 0.15) is 31.1 Å². The minimum Gasteiger partial charge on any atom is -0.344 e. The van der Waals surface area contributed by atoms with Gasteiger partial charge in [0, 0.05) is 17.8 Å². The van der Waals surface area contributed by atoms with Gasteiger partial charge in [0.15, 0.2) is 0 Å². The maximum atomic E-state index is 13.2. The van der Waals surface area contributed by atoms with Crippen LogP contribution in [-0.2, 0) is 11.3 Å². The number of hydrogen-bond acceptors (Lipinski definition) is 2. The van der Waals surface area contributed by atoms with Crippen molar-refractivity contribution in [1.82, 2.24) is 15.1 Å². The molecule has 0 saturated heterocycles. The van der Waals surface area contributed by atoms with E-state index in [-0.39, 0.29) is 5.56 Å². The summed E-state index contributed by atoms with van der Waals surface area (Å²) in [5.41, 5.74) is 0.692. The summed E-state index contributed by atoms with van der Waals surface area (Å²) in [6, 6.07) is -1.22. The highest BCUT2D eigenvalue weighted by Gasteiger charge is 2.76. The lowest BCUT2D eigenvalue weighted by Crippen LogP contribution is -2.59. The standard InChI is InChI=1S/C12H14F7N3O/c1-4-22-7(3)8(5-20-22)6(2)21-9(23)10(13,14)11(15,16)12(17,18)19/h5-6H,4H2,1-3H3,(H,21,23). The van der Waals surface area contributed by atoms with E-state index in [1.54, 1.807) is 6.92 Å². The molecule has 1 heterocycles. The Balaban J connectivity index is 3.00. The number of amides is 1. The minimum absolute atomic E-state index is 0.228. The molecule has 1 unspecified atom stereocenters. The van der Waals surface area contributed by atoms with Crippen molar-refractivity contribution in [2.24, 2.45) is 0 Å². The smallest absolute Gasteiger partial charge is 0.344 e. The average molecular weight is 349 g/mol. The van der Waals surface area contributed by atoms with Gasteiger partial charge in [0.2, 0.25) is 0 Å². The molecule has 0 fully saturated rings. The molecule has 0 aliphatic carbocycles. The van der Waals surface area contributed by atoms with Crippen molar-refractivity contribution in [2.75, 3.05) is 0 Å². The third-order valence-corrected chi connectivity index (χ3v) is 3.29. The van der Waals surface area contributed by atoms with Crippen LogP contribution in [0.4, 0.5) is 30.7 Å². The fourth-order valence-corrected chi connectivity index (χ4v) is 1.89. The van der Waals surface area contributed by atoms with Gasteiger partial charge >= 0.3 is 18.0 Å². The van der Waals surface area contributed by atoms with Crippen LogP contribution >= 0.6 is 0 Å². The number of hydrogen-bond donors (Lipinski definition) is 1. The van der Waals surface area contributed by atoms with Crippen molar-refractivity contribution in [1.29, 1.82) is 0 Å². The van der Waals surface area contributed by atoms with Crippen molar-refractivity contribution >= 4 is 5.91 Å². The molecule has 0 radical (unpaired) electrons. The molecular weight excluding hydrogens is 335 g/mol. The molecule has 0 aliphatic heterocycles. The Morgan fingerprint density at radius 3 is 2.17 bits per heavy atom. The quantitative estimate of drug-likeness (QED) is 0.830. The first-order valence-corrected chi connectivity index (χ1v) is 6.43. The Hall–Kier alpha value is -1.81. The second-order valence-corrected chi connectivity index (χ2v) is 4.84. The third kappa shape index (κ3) is 3.27. The van der Waals surface area contributed by atoms with Crippen molar-refractivity contribution in [3.05, 3.63) is 17.5 Å². The number of carbonyl (C=O) groups is 1. The van der Waals surface area contributed by atoms with Crippen LogP contribution in [0.25, 0.3) is 0 Å². The highest BCUT2D eigenvalue weighted by molar-refractivity contribution is 5.85. The molecule has 11 heteroatoms. The molecule has 0 aliphatic rings. The van der Waals surface area contributed by atoms with E-state index in [0.29, 0.717) is 12.2 Å². The number of nitrogens with one attached hydrogen (secondary N) is 1. The summed E-state index contributed by atoms with van der Waals surface area (Å²) in [6.45, 7) is 4.86. The van der Waals surface area contributed by atoms with Gasteiger partial charge in [0.05, 0.1) is 12.2 Å². The van der Waals surface area contributed by atoms with E-state index < -0.39 is 30.0 Å². The molecule has 0 saturated carbocycles. The number of aryl methyl sites for hydroxylation is 1. The van der Waals surface area contributed by atoms with Gasteiger partial charge in [0.1, 0.15) is 0 Å². The van der Waals surface area contributed by atoms with Crippen molar-refractivity contribution in [2.45, 2.75) is 51.4 Å². The van der Waals surface area contributed by atoms with Gasteiger partial charge in [-0.15, -0.1) is 0 Å². The Kier molecular flexibility index (Phi) is 5.02. The normalized spacial score (nSPS) is 14.7. The average Bonchev–Trinajstić information content (AvgIpc) is 2.78. The Bertz CT molecular complexity index is 580. The van der Waals surface area contributed by atoms with Crippen LogP contribution in [0.3, 0.4) is 0 Å². The summed E-state index contributed by atoms with van der Waals surface area (Å²) in [5.74, 6) is -15.1. The van der Waals surface area contributed by atoms with E-state index in [1.165, 1.54) is 30.0 Å². The summed E-state index contributed by atoms with van der Waals surface area (Å²) in [6.07, 6.45) is -5.34. The maximum absolute atomic E-state index is 13.2. The zero-order valence-electron chi connectivity index (χ0n) is 12.3. The summed E-state index contributed by atoms with van der Waals surface area (Å²) in [5, 5.41) is 5.33. The number of carbonyl (C=O) groups excluding carboxylic acids is 1. The van der Waals surface area contributed by atoms with Crippen molar-refractivity contribution < 1.29 is 35.5 Å². The van der Waals surface area contributed by atoms with E-state index in [0.717, 1.165) is 0 Å². The maximum Gasteiger partial charge on any atom is 0.460 e. The molecule has 132 valence electrons. The number of aromatic nitrogens is 2. The molecule has 1 aromatic heterocycles. The summed E-state index contributed by atoms with van der Waals surface area (Å²) in [4.78, 5) is 11.3. The zero-order chi connectivity index (χ0) is 18.2. The third-order valence-electron chi connectivity index (χ3n) is 3.29. The highest BCUT2D eigenvalue weighted by atomic mass is 19.4. The number of halogens is 7. The van der Waals surface area contributed by atoms with Crippen molar-refractivity contribution in [3.8, 4) is 0 Å². The van der Waals surface area contributed by atoms with Gasteiger partial charge in [-0.1, -0.05) is 0 Å². The number of alkyl halides is 7. The summed E-state index contributed by atoms with van der Waals surface area (Å²) < 4.78 is 89.6. The molecule has 0 bridgehead atoms. The molecular formula is C12H14F7N3O. The zero-order valence-corrected chi connectivity index (χ0v) is 12.3. The molecule has 0 spiro atoms. The SMILES string of the molecule is CCn1ncc(C(C)NC(=O)C(F)(F)C(F)(F)C(F)(F)F)c1C. The van der Waals surface area contributed by atoms with Crippen LogP contribution in [0, 0.1) is 6.92 Å². The largest absolute Gasteiger partial charge is 0.460 e. The van der Waals surface area contributed by atoms with Crippen LogP contribution < -0.4 is 5.32 Å². The van der Waals surface area contributed by atoms with E-state index >= 15 is 0 Å². The van der Waals surface area contributed by atoms with Gasteiger partial charge in [-0.05, 0) is 20.8 Å². The molecule has 4 nitrogen and oxygen atoms in total. The predicted molar refractivity (Wildman–Crippen MR) is 65.1 cm³/mol. The second-order valence-electron chi connectivity index (χ2n) is 4.84. The highest BCUT2D eigenvalue weighted by Crippen LogP contribution is 2.46. The van der Waals surface area contributed by atoms with E-state index in [4.69, 9.17) is 0 Å². The summed E-state index contributed by atoms with van der Waals surface area (Å²) >= 11 is 0. The first-order chi connectivity index (χ1) is 10.3. The second kappa shape index (κ2) is 6.00. The first kappa shape index (κ1) is 19.2. The van der Waals surface area contributed by atoms with Crippen LogP contribution in [0.15, 0.2) is 6.20 Å². The van der Waals surface area contributed by atoms with Gasteiger partial charge in [-0.25, -0.2) is 0 Å². The molecule has 1 atom stereocenters. The monoisotopic (exact) mass is 349 g/mol. The summed E-state index contributed by atoms with van der Waals surface area (Å²) in [7, 11) is 0. The lowest BCUT2D eigenvalue weighted by Gasteiger charge is -2.28. The fourth-order valence-electron chi connectivity index (χ4n) is 1.89. The first-order valence-electron chi connectivity index (χ1n) is 6.43. The van der Waals surface area contributed by atoms with Gasteiger partial charge in [-0.3, -0.25) is 9.48 Å². The van der Waals surface area contributed by atoms with Gasteiger partial charge < -0.3 is 5.32 Å². The minimum atomic E-state index is -6.56. The fraction of sp³-hybridized carbons (Fsp3) is 0.667. The molecule has 1 N–H and O–H groups in total. The van der Waals surface area contributed by atoms with E-state index in [2.05, 4.69) is 5.10 Å². The number of rotatable bonds is 5. The Labute approximate surface area is 126 Å². The molecule has 1 amide bonds. The van der Waals surface area contributed by atoms with Gasteiger partial charge in [0.25, 0.3) is 5.91 Å². The van der Waals surface area contributed by atoms with Crippen LogP contribution in [-0.4, -0.2) is 33.7 Å². The lowest BCUT2D eigenvalue weighted by atomic mass is 10.1.